The van der Waals surface area contributed by atoms with Gasteiger partial charge in [0, 0.05) is 49.0 Å². The number of carbonyl (C=O) groups excluding carboxylic acids is 1. The van der Waals surface area contributed by atoms with E-state index in [4.69, 9.17) is 0 Å². The van der Waals surface area contributed by atoms with Crippen LogP contribution in [-0.4, -0.2) is 40.6 Å². The number of rotatable bonds is 4. The van der Waals surface area contributed by atoms with E-state index in [0.29, 0.717) is 18.7 Å². The Morgan fingerprint density at radius 2 is 2.00 bits per heavy atom. The lowest BCUT2D eigenvalue weighted by Crippen LogP contribution is -2.29. The predicted molar refractivity (Wildman–Crippen MR) is 89.3 cm³/mol. The van der Waals surface area contributed by atoms with Gasteiger partial charge in [0.15, 0.2) is 0 Å². The summed E-state index contributed by atoms with van der Waals surface area (Å²) in [5.41, 5.74) is 2.88. The second-order valence-corrected chi connectivity index (χ2v) is 6.06. The van der Waals surface area contributed by atoms with Crippen molar-refractivity contribution in [1.82, 2.24) is 9.88 Å². The van der Waals surface area contributed by atoms with E-state index in [2.05, 4.69) is 11.9 Å². The molecule has 0 bridgehead atoms. The van der Waals surface area contributed by atoms with Crippen molar-refractivity contribution >= 4 is 5.91 Å². The van der Waals surface area contributed by atoms with Crippen molar-refractivity contribution < 1.29 is 9.90 Å². The van der Waals surface area contributed by atoms with Gasteiger partial charge in [-0.05, 0) is 36.2 Å². The monoisotopic (exact) mass is 310 g/mol. The van der Waals surface area contributed by atoms with Crippen LogP contribution in [-0.2, 0) is 6.42 Å². The van der Waals surface area contributed by atoms with E-state index < -0.39 is 0 Å². The minimum Gasteiger partial charge on any atom is -0.396 e. The number of likely N-dealkylation sites (tertiary alicyclic amines) is 1. The summed E-state index contributed by atoms with van der Waals surface area (Å²) in [6.45, 7) is 3.35. The van der Waals surface area contributed by atoms with Crippen molar-refractivity contribution in [1.29, 1.82) is 0 Å². The van der Waals surface area contributed by atoms with Crippen LogP contribution in [0.25, 0.3) is 0 Å². The van der Waals surface area contributed by atoms with Gasteiger partial charge >= 0.3 is 0 Å². The quantitative estimate of drug-likeness (QED) is 0.944. The highest BCUT2D eigenvalue weighted by molar-refractivity contribution is 5.94. The normalized spacial score (nSPS) is 20.7. The molecule has 2 aromatic rings. The fourth-order valence-electron chi connectivity index (χ4n) is 3.22. The zero-order valence-electron chi connectivity index (χ0n) is 13.4. The number of carbonyl (C=O) groups is 1. The molecule has 0 saturated carbocycles. The summed E-state index contributed by atoms with van der Waals surface area (Å²) in [4.78, 5) is 18.9. The topological polar surface area (TPSA) is 53.4 Å². The Hall–Kier alpha value is -2.20. The lowest BCUT2D eigenvalue weighted by Gasteiger charge is -2.16. The van der Waals surface area contributed by atoms with E-state index in [1.165, 1.54) is 5.56 Å². The van der Waals surface area contributed by atoms with Crippen LogP contribution in [0.1, 0.15) is 34.5 Å². The zero-order chi connectivity index (χ0) is 16.2. The minimum absolute atomic E-state index is 0.0320. The molecule has 2 heterocycles. The van der Waals surface area contributed by atoms with Gasteiger partial charge < -0.3 is 10.0 Å². The highest BCUT2D eigenvalue weighted by Crippen LogP contribution is 2.32. The van der Waals surface area contributed by atoms with Crippen molar-refractivity contribution in [2.75, 3.05) is 19.7 Å². The summed E-state index contributed by atoms with van der Waals surface area (Å²) in [6, 6.07) is 13.6. The number of aliphatic hydroxyl groups is 1. The number of aliphatic hydroxyl groups excluding tert-OH is 1. The first-order chi connectivity index (χ1) is 11.2. The molecule has 2 atom stereocenters. The fraction of sp³-hybridized carbons (Fsp3) is 0.368. The number of hydrogen-bond acceptors (Lipinski definition) is 3. The molecule has 1 aromatic carbocycles. The summed E-state index contributed by atoms with van der Waals surface area (Å²) in [5, 5.41) is 9.67. The maximum absolute atomic E-state index is 12.7. The van der Waals surface area contributed by atoms with Gasteiger partial charge in [-0.15, -0.1) is 0 Å². The molecule has 0 unspecified atom stereocenters. The third kappa shape index (κ3) is 3.27. The van der Waals surface area contributed by atoms with E-state index >= 15 is 0 Å². The van der Waals surface area contributed by atoms with Gasteiger partial charge in [-0.3, -0.25) is 9.78 Å². The van der Waals surface area contributed by atoms with Crippen molar-refractivity contribution in [2.24, 2.45) is 5.92 Å². The van der Waals surface area contributed by atoms with Gasteiger partial charge in [0.1, 0.15) is 0 Å². The van der Waals surface area contributed by atoms with Gasteiger partial charge in [-0.1, -0.05) is 25.1 Å². The zero-order valence-corrected chi connectivity index (χ0v) is 13.4. The van der Waals surface area contributed by atoms with Crippen LogP contribution in [0.4, 0.5) is 0 Å². The summed E-state index contributed by atoms with van der Waals surface area (Å²) < 4.78 is 0. The maximum atomic E-state index is 12.7. The molecule has 120 valence electrons. The molecule has 1 fully saturated rings. The largest absolute Gasteiger partial charge is 0.396 e. The Morgan fingerprint density at radius 3 is 2.61 bits per heavy atom. The van der Waals surface area contributed by atoms with E-state index in [1.807, 2.05) is 47.4 Å². The average molecular weight is 310 g/mol. The van der Waals surface area contributed by atoms with Gasteiger partial charge in [-0.2, -0.15) is 0 Å². The summed E-state index contributed by atoms with van der Waals surface area (Å²) >= 11 is 0. The summed E-state index contributed by atoms with van der Waals surface area (Å²) in [6.07, 6.45) is 2.73. The highest BCUT2D eigenvalue weighted by Gasteiger charge is 2.36. The molecule has 4 nitrogen and oxygen atoms in total. The number of amides is 1. The number of nitrogens with zero attached hydrogens (tertiary/aromatic N) is 2. The molecule has 1 aromatic heterocycles. The Kier molecular flexibility index (Phi) is 4.72. The molecule has 1 amide bonds. The molecule has 1 N–H and O–H groups in total. The first-order valence-corrected chi connectivity index (χ1v) is 8.13. The van der Waals surface area contributed by atoms with Crippen molar-refractivity contribution in [3.05, 3.63) is 65.5 Å². The van der Waals surface area contributed by atoms with E-state index in [-0.39, 0.29) is 24.3 Å². The number of hydrogen-bond donors (Lipinski definition) is 1. The van der Waals surface area contributed by atoms with Crippen LogP contribution in [0, 0.1) is 5.92 Å². The summed E-state index contributed by atoms with van der Waals surface area (Å²) in [5.74, 6) is 0.174. The lowest BCUT2D eigenvalue weighted by molar-refractivity contribution is 0.0781. The maximum Gasteiger partial charge on any atom is 0.253 e. The smallest absolute Gasteiger partial charge is 0.253 e. The molecule has 3 rings (SSSR count). The molecule has 23 heavy (non-hydrogen) atoms. The lowest BCUT2D eigenvalue weighted by atomic mass is 9.93. The van der Waals surface area contributed by atoms with Crippen LogP contribution in [0.5, 0.6) is 0 Å². The first-order valence-electron chi connectivity index (χ1n) is 8.13. The molecular formula is C19H22N2O2. The Morgan fingerprint density at radius 1 is 1.22 bits per heavy atom. The van der Waals surface area contributed by atoms with Crippen molar-refractivity contribution in [3.8, 4) is 0 Å². The van der Waals surface area contributed by atoms with E-state index in [9.17, 15) is 9.90 Å². The van der Waals surface area contributed by atoms with Crippen molar-refractivity contribution in [3.63, 3.8) is 0 Å². The molecule has 0 aliphatic carbocycles. The Bertz CT molecular complexity index is 655. The van der Waals surface area contributed by atoms with Gasteiger partial charge in [0.05, 0.1) is 0 Å². The molecular weight excluding hydrogens is 288 g/mol. The third-order valence-corrected chi connectivity index (χ3v) is 4.64. The molecule has 0 spiro atoms. The van der Waals surface area contributed by atoms with Gasteiger partial charge in [0.2, 0.25) is 0 Å². The Labute approximate surface area is 136 Å². The fourth-order valence-corrected chi connectivity index (χ4v) is 3.22. The SMILES string of the molecule is CCc1ccc(C(=O)N2C[C@@H](CO)[C@H](c3ccccn3)C2)cc1. The van der Waals surface area contributed by atoms with Crippen LogP contribution in [0.3, 0.4) is 0 Å². The number of benzene rings is 1. The predicted octanol–water partition coefficient (Wildman–Crippen LogP) is 2.49. The number of aryl methyl sites for hydroxylation is 1. The molecule has 1 aliphatic rings. The molecule has 1 saturated heterocycles. The highest BCUT2D eigenvalue weighted by atomic mass is 16.3. The first kappa shape index (κ1) is 15.7. The second kappa shape index (κ2) is 6.92. The second-order valence-electron chi connectivity index (χ2n) is 6.06. The van der Waals surface area contributed by atoms with Gasteiger partial charge in [-0.25, -0.2) is 0 Å². The van der Waals surface area contributed by atoms with E-state index in [1.54, 1.807) is 6.20 Å². The van der Waals surface area contributed by atoms with Crippen LogP contribution in [0.2, 0.25) is 0 Å². The van der Waals surface area contributed by atoms with Crippen LogP contribution in [0.15, 0.2) is 48.7 Å². The van der Waals surface area contributed by atoms with Gasteiger partial charge in [0.25, 0.3) is 5.91 Å². The molecule has 4 heteroatoms. The molecule has 1 aliphatic heterocycles. The molecule has 0 radical (unpaired) electrons. The Balaban J connectivity index is 1.77. The number of pyridine rings is 1. The van der Waals surface area contributed by atoms with E-state index in [0.717, 1.165) is 12.1 Å². The number of aromatic nitrogens is 1. The summed E-state index contributed by atoms with van der Waals surface area (Å²) in [7, 11) is 0. The van der Waals surface area contributed by atoms with Crippen molar-refractivity contribution in [2.45, 2.75) is 19.3 Å². The standard InChI is InChI=1S/C19H22N2O2/c1-2-14-6-8-15(9-7-14)19(23)21-11-16(13-22)17(12-21)18-5-3-4-10-20-18/h3-10,16-17,22H,2,11-13H2,1H3/t16-,17+/m0/s1. The van der Waals surface area contributed by atoms with Crippen LogP contribution < -0.4 is 0 Å². The third-order valence-electron chi connectivity index (χ3n) is 4.64. The average Bonchev–Trinajstić information content (AvgIpc) is 3.06. The minimum atomic E-state index is 0.0320. The van der Waals surface area contributed by atoms with Crippen LogP contribution >= 0.6 is 0 Å².